The Hall–Kier alpha value is -1.84. The van der Waals surface area contributed by atoms with Crippen LogP contribution < -0.4 is 5.32 Å². The Balaban J connectivity index is 2.72. The predicted molar refractivity (Wildman–Crippen MR) is 86.9 cm³/mol. The Morgan fingerprint density at radius 3 is 2.52 bits per heavy atom. The van der Waals surface area contributed by atoms with E-state index in [0.29, 0.717) is 23.7 Å². The zero-order valence-electron chi connectivity index (χ0n) is 13.6. The molecule has 0 aliphatic carbocycles. The van der Waals surface area contributed by atoms with Crippen LogP contribution in [0.2, 0.25) is 0 Å². The minimum absolute atomic E-state index is 0.00932. The molecule has 0 bridgehead atoms. The van der Waals surface area contributed by atoms with Crippen LogP contribution >= 0.6 is 0 Å². The van der Waals surface area contributed by atoms with E-state index in [1.807, 2.05) is 24.3 Å². The van der Waals surface area contributed by atoms with Crippen molar-refractivity contribution in [3.8, 4) is 0 Å². The van der Waals surface area contributed by atoms with Crippen LogP contribution in [0.15, 0.2) is 29.4 Å². The van der Waals surface area contributed by atoms with E-state index < -0.39 is 0 Å². The maximum absolute atomic E-state index is 12.2. The number of nitrogens with zero attached hydrogens (tertiary/aromatic N) is 1. The van der Waals surface area contributed by atoms with Crippen LogP contribution in [-0.4, -0.2) is 16.8 Å². The zero-order chi connectivity index (χ0) is 16.0. The molecule has 0 aliphatic heterocycles. The molecule has 0 fully saturated rings. The molecule has 4 heteroatoms. The lowest BCUT2D eigenvalue weighted by molar-refractivity contribution is -0.117. The number of nitrogens with one attached hydrogen (secondary N) is 1. The minimum atomic E-state index is -0.00932. The molecule has 2 N–H and O–H groups in total. The fraction of sp³-hybridized carbons (Fsp3) is 0.529. The van der Waals surface area contributed by atoms with E-state index in [1.54, 1.807) is 6.92 Å². The van der Waals surface area contributed by atoms with E-state index in [-0.39, 0.29) is 11.3 Å². The summed E-state index contributed by atoms with van der Waals surface area (Å²) in [5.41, 5.74) is 2.11. The zero-order valence-corrected chi connectivity index (χ0v) is 13.6. The average molecular weight is 290 g/mol. The van der Waals surface area contributed by atoms with Crippen molar-refractivity contribution in [1.29, 1.82) is 0 Å². The molecule has 1 amide bonds. The number of anilines is 1. The summed E-state index contributed by atoms with van der Waals surface area (Å²) < 4.78 is 0. The van der Waals surface area contributed by atoms with Gasteiger partial charge in [0, 0.05) is 17.7 Å². The molecule has 0 spiro atoms. The Bertz CT molecular complexity index is 516. The van der Waals surface area contributed by atoms with Crippen molar-refractivity contribution < 1.29 is 10.0 Å². The van der Waals surface area contributed by atoms with Gasteiger partial charge in [-0.1, -0.05) is 51.0 Å². The number of rotatable bonds is 5. The van der Waals surface area contributed by atoms with Crippen molar-refractivity contribution in [2.75, 3.05) is 5.32 Å². The molecule has 21 heavy (non-hydrogen) atoms. The van der Waals surface area contributed by atoms with Gasteiger partial charge in [-0.15, -0.1) is 0 Å². The molecule has 1 unspecified atom stereocenters. The minimum Gasteiger partial charge on any atom is -0.411 e. The maximum atomic E-state index is 12.2. The van der Waals surface area contributed by atoms with Crippen LogP contribution in [-0.2, 0) is 4.79 Å². The highest BCUT2D eigenvalue weighted by molar-refractivity contribution is 6.06. The smallest absolute Gasteiger partial charge is 0.224 e. The molecule has 116 valence electrons. The first-order valence-electron chi connectivity index (χ1n) is 7.31. The molecule has 1 aromatic carbocycles. The second kappa shape index (κ2) is 7.25. The van der Waals surface area contributed by atoms with Crippen molar-refractivity contribution in [1.82, 2.24) is 0 Å². The van der Waals surface area contributed by atoms with E-state index >= 15 is 0 Å². The van der Waals surface area contributed by atoms with Crippen molar-refractivity contribution in [2.24, 2.45) is 16.5 Å². The van der Waals surface area contributed by atoms with E-state index in [9.17, 15) is 4.79 Å². The van der Waals surface area contributed by atoms with Crippen LogP contribution in [0.25, 0.3) is 0 Å². The number of hydrogen-bond donors (Lipinski definition) is 2. The third-order valence-corrected chi connectivity index (χ3v) is 3.24. The summed E-state index contributed by atoms with van der Waals surface area (Å²) in [7, 11) is 0. The molecule has 1 atom stereocenters. The van der Waals surface area contributed by atoms with Gasteiger partial charge in [0.2, 0.25) is 5.91 Å². The van der Waals surface area contributed by atoms with Crippen molar-refractivity contribution in [3.63, 3.8) is 0 Å². The van der Waals surface area contributed by atoms with Gasteiger partial charge in [-0.05, 0) is 30.7 Å². The fourth-order valence-electron chi connectivity index (χ4n) is 2.60. The second-order valence-electron chi connectivity index (χ2n) is 6.85. The summed E-state index contributed by atoms with van der Waals surface area (Å²) in [5, 5.41) is 15.0. The molecule has 1 rings (SSSR count). The second-order valence-corrected chi connectivity index (χ2v) is 6.85. The van der Waals surface area contributed by atoms with Crippen LogP contribution in [0.4, 0.5) is 5.69 Å². The van der Waals surface area contributed by atoms with Crippen LogP contribution in [0.5, 0.6) is 0 Å². The Kier molecular flexibility index (Phi) is 5.94. The van der Waals surface area contributed by atoms with Crippen LogP contribution in [0.1, 0.15) is 53.0 Å². The van der Waals surface area contributed by atoms with Crippen molar-refractivity contribution in [3.05, 3.63) is 29.8 Å². The third kappa shape index (κ3) is 5.98. The van der Waals surface area contributed by atoms with Gasteiger partial charge in [0.25, 0.3) is 0 Å². The number of hydrogen-bond acceptors (Lipinski definition) is 3. The highest BCUT2D eigenvalue weighted by Gasteiger charge is 2.18. The third-order valence-electron chi connectivity index (χ3n) is 3.24. The Morgan fingerprint density at radius 2 is 1.95 bits per heavy atom. The highest BCUT2D eigenvalue weighted by atomic mass is 16.4. The van der Waals surface area contributed by atoms with Crippen molar-refractivity contribution in [2.45, 2.75) is 47.5 Å². The summed E-state index contributed by atoms with van der Waals surface area (Å²) in [6.45, 7) is 10.3. The average Bonchev–Trinajstić information content (AvgIpc) is 2.35. The molecule has 0 aliphatic rings. The van der Waals surface area contributed by atoms with E-state index in [2.05, 4.69) is 38.2 Å². The lowest BCUT2D eigenvalue weighted by atomic mass is 9.84. The normalized spacial score (nSPS) is 13.9. The van der Waals surface area contributed by atoms with Gasteiger partial charge in [0.15, 0.2) is 0 Å². The molecule has 0 aromatic heterocycles. The van der Waals surface area contributed by atoms with Gasteiger partial charge >= 0.3 is 0 Å². The molecular formula is C17H26N2O2. The first kappa shape index (κ1) is 17.2. The Morgan fingerprint density at radius 1 is 1.33 bits per heavy atom. The lowest BCUT2D eigenvalue weighted by Gasteiger charge is -2.23. The summed E-state index contributed by atoms with van der Waals surface area (Å²) >= 11 is 0. The Labute approximate surface area is 127 Å². The number of amides is 1. The standard InChI is InChI=1S/C17H26N2O2/c1-12(11-17(3,4)5)10-16(20)18-15-9-7-6-8-14(15)13(2)19-21/h6-9,12,21H,10-11H2,1-5H3,(H,18,20)/b19-13+. The quantitative estimate of drug-likeness (QED) is 0.483. The van der Waals surface area contributed by atoms with Gasteiger partial charge in [0.1, 0.15) is 0 Å². The molecule has 0 saturated heterocycles. The number of para-hydroxylation sites is 1. The van der Waals surface area contributed by atoms with E-state index in [0.717, 1.165) is 12.0 Å². The van der Waals surface area contributed by atoms with Gasteiger partial charge in [-0.2, -0.15) is 0 Å². The topological polar surface area (TPSA) is 61.7 Å². The number of carbonyl (C=O) groups excluding carboxylic acids is 1. The number of oxime groups is 1. The SMILES string of the molecule is C/C(=N\O)c1ccccc1NC(=O)CC(C)CC(C)(C)C. The first-order valence-corrected chi connectivity index (χ1v) is 7.31. The van der Waals surface area contributed by atoms with Crippen LogP contribution in [0.3, 0.4) is 0 Å². The van der Waals surface area contributed by atoms with Gasteiger partial charge < -0.3 is 10.5 Å². The first-order chi connectivity index (χ1) is 9.73. The summed E-state index contributed by atoms with van der Waals surface area (Å²) in [6, 6.07) is 7.34. The van der Waals surface area contributed by atoms with Crippen molar-refractivity contribution >= 4 is 17.3 Å². The molecular weight excluding hydrogens is 264 g/mol. The van der Waals surface area contributed by atoms with E-state index in [1.165, 1.54) is 0 Å². The van der Waals surface area contributed by atoms with E-state index in [4.69, 9.17) is 5.21 Å². The molecule has 0 radical (unpaired) electrons. The van der Waals surface area contributed by atoms with Crippen LogP contribution in [0, 0.1) is 11.3 Å². The number of benzene rings is 1. The van der Waals surface area contributed by atoms with Gasteiger partial charge in [0.05, 0.1) is 5.71 Å². The van der Waals surface area contributed by atoms with Gasteiger partial charge in [-0.3, -0.25) is 4.79 Å². The summed E-state index contributed by atoms with van der Waals surface area (Å²) in [5.74, 6) is 0.315. The maximum Gasteiger partial charge on any atom is 0.224 e. The summed E-state index contributed by atoms with van der Waals surface area (Å²) in [6.07, 6.45) is 1.49. The monoisotopic (exact) mass is 290 g/mol. The highest BCUT2D eigenvalue weighted by Crippen LogP contribution is 2.26. The largest absolute Gasteiger partial charge is 0.411 e. The summed E-state index contributed by atoms with van der Waals surface area (Å²) in [4.78, 5) is 12.2. The molecule has 0 heterocycles. The lowest BCUT2D eigenvalue weighted by Crippen LogP contribution is -2.19. The molecule has 0 saturated carbocycles. The fourth-order valence-corrected chi connectivity index (χ4v) is 2.60. The predicted octanol–water partition coefficient (Wildman–Crippen LogP) is 4.29. The molecule has 4 nitrogen and oxygen atoms in total. The molecule has 1 aromatic rings. The van der Waals surface area contributed by atoms with Gasteiger partial charge in [-0.25, -0.2) is 0 Å². The number of carbonyl (C=O) groups is 1.